The highest BCUT2D eigenvalue weighted by Gasteiger charge is 2.24. The van der Waals surface area contributed by atoms with E-state index in [1.54, 1.807) is 6.92 Å². The third kappa shape index (κ3) is 8.02. The summed E-state index contributed by atoms with van der Waals surface area (Å²) < 4.78 is 9.92. The molecule has 2 atom stereocenters. The van der Waals surface area contributed by atoms with Gasteiger partial charge in [0.25, 0.3) is 0 Å². The summed E-state index contributed by atoms with van der Waals surface area (Å²) in [5, 5.41) is -0.524. The van der Waals surface area contributed by atoms with E-state index in [-0.39, 0.29) is 18.4 Å². The highest BCUT2D eigenvalue weighted by atomic mass is 35.5. The molecule has 0 heterocycles. The minimum absolute atomic E-state index is 0.0665. The molecular weight excluding hydrogens is 244 g/mol. The summed E-state index contributed by atoms with van der Waals surface area (Å²) in [6.45, 7) is 5.45. The van der Waals surface area contributed by atoms with Crippen LogP contribution in [0.4, 0.5) is 0 Å². The van der Waals surface area contributed by atoms with Gasteiger partial charge in [-0.3, -0.25) is 9.59 Å². The zero-order valence-corrected chi connectivity index (χ0v) is 11.5. The van der Waals surface area contributed by atoms with Gasteiger partial charge in [-0.2, -0.15) is 0 Å². The van der Waals surface area contributed by atoms with E-state index in [1.165, 1.54) is 6.92 Å². The van der Waals surface area contributed by atoms with Crippen molar-refractivity contribution < 1.29 is 19.1 Å². The minimum atomic E-state index is -0.524. The van der Waals surface area contributed by atoms with Gasteiger partial charge in [-0.1, -0.05) is 13.3 Å². The molecule has 0 spiro atoms. The lowest BCUT2D eigenvalue weighted by Crippen LogP contribution is -2.29. The molecule has 0 bridgehead atoms. The van der Waals surface area contributed by atoms with Crippen LogP contribution >= 0.6 is 11.6 Å². The van der Waals surface area contributed by atoms with Gasteiger partial charge < -0.3 is 9.47 Å². The second-order valence-electron chi connectivity index (χ2n) is 3.82. The number of esters is 2. The van der Waals surface area contributed by atoms with Crippen molar-refractivity contribution in [3.8, 4) is 0 Å². The van der Waals surface area contributed by atoms with Crippen molar-refractivity contribution in [2.75, 3.05) is 6.61 Å². The first-order valence-corrected chi connectivity index (χ1v) is 6.41. The summed E-state index contributed by atoms with van der Waals surface area (Å²) in [6.07, 6.45) is 2.21. The van der Waals surface area contributed by atoms with Crippen LogP contribution in [-0.2, 0) is 19.1 Å². The lowest BCUT2D eigenvalue weighted by atomic mass is 10.1. The number of carbonyl (C=O) groups excluding carboxylic acids is 2. The molecule has 0 aromatic rings. The summed E-state index contributed by atoms with van der Waals surface area (Å²) in [5.74, 6) is -0.734. The molecule has 0 saturated heterocycles. The van der Waals surface area contributed by atoms with Gasteiger partial charge in [0.2, 0.25) is 0 Å². The van der Waals surface area contributed by atoms with Crippen LogP contribution in [0.3, 0.4) is 0 Å². The summed E-state index contributed by atoms with van der Waals surface area (Å²) in [7, 11) is 0. The fraction of sp³-hybridized carbons (Fsp3) is 0.833. The summed E-state index contributed by atoms with van der Waals surface area (Å²) in [5.41, 5.74) is 0. The molecule has 0 aliphatic heterocycles. The van der Waals surface area contributed by atoms with Crippen LogP contribution in [-0.4, -0.2) is 30.0 Å². The monoisotopic (exact) mass is 264 g/mol. The third-order valence-electron chi connectivity index (χ3n) is 2.23. The number of alkyl halides is 1. The number of unbranched alkanes of at least 4 members (excludes halogenated alkanes) is 1. The molecule has 0 aromatic heterocycles. The van der Waals surface area contributed by atoms with Gasteiger partial charge in [-0.25, -0.2) is 0 Å². The molecule has 0 aromatic carbocycles. The fourth-order valence-electron chi connectivity index (χ4n) is 1.44. The standard InChI is InChI=1S/C12H21ClO4/c1-4-6-7-11(17-9(3)14)10(13)8-12(15)16-5-2/h10-11H,4-8H2,1-3H3/t10-,11-/m0/s1. The first-order valence-electron chi connectivity index (χ1n) is 5.98. The van der Waals surface area contributed by atoms with Crippen LogP contribution in [0.5, 0.6) is 0 Å². The molecule has 0 amide bonds. The number of rotatable bonds is 8. The minimum Gasteiger partial charge on any atom is -0.466 e. The van der Waals surface area contributed by atoms with Gasteiger partial charge in [-0.05, 0) is 19.8 Å². The zero-order valence-electron chi connectivity index (χ0n) is 10.7. The second kappa shape index (κ2) is 9.28. The topological polar surface area (TPSA) is 52.6 Å². The van der Waals surface area contributed by atoms with Crippen molar-refractivity contribution in [3.05, 3.63) is 0 Å². The van der Waals surface area contributed by atoms with E-state index in [1.807, 2.05) is 6.92 Å². The average molecular weight is 265 g/mol. The van der Waals surface area contributed by atoms with Gasteiger partial charge in [-0.15, -0.1) is 11.6 Å². The maximum absolute atomic E-state index is 11.3. The van der Waals surface area contributed by atoms with Crippen LogP contribution in [0.15, 0.2) is 0 Å². The van der Waals surface area contributed by atoms with E-state index in [4.69, 9.17) is 21.1 Å². The molecule has 0 aliphatic rings. The van der Waals surface area contributed by atoms with Crippen molar-refractivity contribution in [2.45, 2.75) is 57.9 Å². The SMILES string of the molecule is CCCC[C@H](OC(C)=O)[C@@H](Cl)CC(=O)OCC. The van der Waals surface area contributed by atoms with E-state index in [0.29, 0.717) is 13.0 Å². The Labute approximate surface area is 108 Å². The summed E-state index contributed by atoms with van der Waals surface area (Å²) in [6, 6.07) is 0. The molecule has 0 N–H and O–H groups in total. The molecule has 4 nitrogen and oxygen atoms in total. The predicted octanol–water partition coefficient (Wildman–Crippen LogP) is 2.67. The molecule has 0 aliphatic carbocycles. The van der Waals surface area contributed by atoms with Crippen LogP contribution < -0.4 is 0 Å². The van der Waals surface area contributed by atoms with Gasteiger partial charge in [0.1, 0.15) is 6.10 Å². The Morgan fingerprint density at radius 2 is 1.94 bits per heavy atom. The van der Waals surface area contributed by atoms with Crippen molar-refractivity contribution in [1.29, 1.82) is 0 Å². The van der Waals surface area contributed by atoms with E-state index in [0.717, 1.165) is 12.8 Å². The van der Waals surface area contributed by atoms with E-state index in [9.17, 15) is 9.59 Å². The normalized spacial score (nSPS) is 13.9. The van der Waals surface area contributed by atoms with Crippen LogP contribution in [0.1, 0.15) is 46.5 Å². The number of ether oxygens (including phenoxy) is 2. The average Bonchev–Trinajstić information content (AvgIpc) is 2.23. The van der Waals surface area contributed by atoms with Gasteiger partial charge in [0.15, 0.2) is 0 Å². The number of hydrogen-bond donors (Lipinski definition) is 0. The maximum atomic E-state index is 11.3. The molecule has 0 unspecified atom stereocenters. The fourth-order valence-corrected chi connectivity index (χ4v) is 1.75. The van der Waals surface area contributed by atoms with Gasteiger partial charge in [0, 0.05) is 6.92 Å². The van der Waals surface area contributed by atoms with E-state index >= 15 is 0 Å². The van der Waals surface area contributed by atoms with Crippen LogP contribution in [0, 0.1) is 0 Å². The Bertz CT molecular complexity index is 243. The highest BCUT2D eigenvalue weighted by Crippen LogP contribution is 2.18. The summed E-state index contributed by atoms with van der Waals surface area (Å²) >= 11 is 6.08. The Morgan fingerprint density at radius 3 is 2.41 bits per heavy atom. The largest absolute Gasteiger partial charge is 0.466 e. The predicted molar refractivity (Wildman–Crippen MR) is 66.0 cm³/mol. The number of halogens is 1. The quantitative estimate of drug-likeness (QED) is 0.500. The molecule has 0 fully saturated rings. The van der Waals surface area contributed by atoms with E-state index in [2.05, 4.69) is 0 Å². The Balaban J connectivity index is 4.24. The van der Waals surface area contributed by atoms with Crippen LogP contribution in [0.25, 0.3) is 0 Å². The lowest BCUT2D eigenvalue weighted by molar-refractivity contribution is -0.150. The van der Waals surface area contributed by atoms with Crippen molar-refractivity contribution >= 4 is 23.5 Å². The second-order valence-corrected chi connectivity index (χ2v) is 4.38. The Kier molecular flexibility index (Phi) is 8.86. The molecule has 0 saturated carbocycles. The van der Waals surface area contributed by atoms with Crippen molar-refractivity contribution in [2.24, 2.45) is 0 Å². The molecule has 5 heteroatoms. The third-order valence-corrected chi connectivity index (χ3v) is 2.67. The Morgan fingerprint density at radius 1 is 1.29 bits per heavy atom. The zero-order chi connectivity index (χ0) is 13.3. The van der Waals surface area contributed by atoms with Crippen molar-refractivity contribution in [1.82, 2.24) is 0 Å². The molecule has 0 radical (unpaired) electrons. The van der Waals surface area contributed by atoms with Crippen molar-refractivity contribution in [3.63, 3.8) is 0 Å². The smallest absolute Gasteiger partial charge is 0.307 e. The molecule has 100 valence electrons. The number of carbonyl (C=O) groups is 2. The van der Waals surface area contributed by atoms with Gasteiger partial charge in [0.05, 0.1) is 18.4 Å². The first kappa shape index (κ1) is 16.2. The molecule has 0 rings (SSSR count). The van der Waals surface area contributed by atoms with E-state index < -0.39 is 11.5 Å². The Hall–Kier alpha value is -0.770. The van der Waals surface area contributed by atoms with Gasteiger partial charge >= 0.3 is 11.9 Å². The maximum Gasteiger partial charge on any atom is 0.307 e. The lowest BCUT2D eigenvalue weighted by Gasteiger charge is -2.21. The molecule has 17 heavy (non-hydrogen) atoms. The van der Waals surface area contributed by atoms with Crippen LogP contribution in [0.2, 0.25) is 0 Å². The first-order chi connectivity index (χ1) is 8.01. The number of hydrogen-bond acceptors (Lipinski definition) is 4. The molecular formula is C12H21ClO4. The summed E-state index contributed by atoms with van der Waals surface area (Å²) in [4.78, 5) is 22.2. The highest BCUT2D eigenvalue weighted by molar-refractivity contribution is 6.22.